The van der Waals surface area contributed by atoms with Crippen LogP contribution in [0.2, 0.25) is 0 Å². The molecule has 1 aliphatic heterocycles. The minimum absolute atomic E-state index is 0.0410. The van der Waals surface area contributed by atoms with Crippen LogP contribution in [0.4, 0.5) is 10.1 Å². The number of hydrogen-bond donors (Lipinski definition) is 2. The first-order valence-electron chi connectivity index (χ1n) is 9.93. The number of Topliss-reactive ketones (excluding diaryl/α,β-unsaturated/α-hetero) is 1. The molecule has 5 nitrogen and oxygen atoms in total. The van der Waals surface area contributed by atoms with Gasteiger partial charge in [-0.2, -0.15) is 0 Å². The minimum atomic E-state index is -0.536. The number of ketones is 1. The number of nitrogens with one attached hydrogen (secondary N) is 2. The van der Waals surface area contributed by atoms with E-state index >= 15 is 0 Å². The predicted octanol–water partition coefficient (Wildman–Crippen LogP) is 4.44. The third kappa shape index (κ3) is 3.61. The van der Waals surface area contributed by atoms with Crippen molar-refractivity contribution in [3.05, 3.63) is 82.5 Å². The summed E-state index contributed by atoms with van der Waals surface area (Å²) >= 11 is 0. The highest BCUT2D eigenvalue weighted by atomic mass is 19.1. The highest BCUT2D eigenvalue weighted by Crippen LogP contribution is 2.45. The zero-order valence-corrected chi connectivity index (χ0v) is 16.9. The molecule has 0 radical (unpaired) electrons. The van der Waals surface area contributed by atoms with Gasteiger partial charge in [-0.1, -0.05) is 18.2 Å². The molecule has 1 aliphatic carbocycles. The van der Waals surface area contributed by atoms with Crippen molar-refractivity contribution in [2.75, 3.05) is 12.4 Å². The lowest BCUT2D eigenvalue weighted by Gasteiger charge is -2.35. The molecule has 2 N–H and O–H groups in total. The molecule has 0 saturated carbocycles. The lowest BCUT2D eigenvalue weighted by atomic mass is 9.74. The van der Waals surface area contributed by atoms with Crippen LogP contribution < -0.4 is 15.4 Å². The average molecular weight is 406 g/mol. The van der Waals surface area contributed by atoms with Gasteiger partial charge in [-0.3, -0.25) is 9.59 Å². The standard InChI is InChI=1S/C24H23FN2O3/c1-14-21(24(29)27-16-12-10-15(25)11-13-16)22(17-6-3-4-9-20(17)30-2)23-18(26-14)7-5-8-19(23)28/h3-4,6,9-13,22,26H,5,7-8H2,1-2H3,(H,27,29)/t22-/m1/s1. The molecule has 0 aromatic heterocycles. The van der Waals surface area contributed by atoms with Crippen LogP contribution >= 0.6 is 0 Å². The number of para-hydroxylation sites is 1. The van der Waals surface area contributed by atoms with E-state index in [2.05, 4.69) is 10.6 Å². The van der Waals surface area contributed by atoms with Crippen molar-refractivity contribution in [3.63, 3.8) is 0 Å². The lowest BCUT2D eigenvalue weighted by molar-refractivity contribution is -0.116. The fourth-order valence-electron chi connectivity index (χ4n) is 4.23. The Morgan fingerprint density at radius 2 is 1.87 bits per heavy atom. The summed E-state index contributed by atoms with van der Waals surface area (Å²) in [6.45, 7) is 1.84. The van der Waals surface area contributed by atoms with Crippen molar-refractivity contribution in [2.24, 2.45) is 0 Å². The second-order valence-corrected chi connectivity index (χ2v) is 7.47. The van der Waals surface area contributed by atoms with Gasteiger partial charge in [0, 0.05) is 40.2 Å². The highest BCUT2D eigenvalue weighted by Gasteiger charge is 2.39. The third-order valence-corrected chi connectivity index (χ3v) is 5.57. The van der Waals surface area contributed by atoms with Crippen molar-refractivity contribution < 1.29 is 18.7 Å². The first kappa shape index (κ1) is 19.9. The van der Waals surface area contributed by atoms with Crippen LogP contribution in [-0.4, -0.2) is 18.8 Å². The Balaban J connectivity index is 1.81. The zero-order valence-electron chi connectivity index (χ0n) is 16.9. The maximum atomic E-state index is 13.3. The van der Waals surface area contributed by atoms with Crippen LogP contribution in [0.25, 0.3) is 0 Å². The molecule has 0 saturated heterocycles. The van der Waals surface area contributed by atoms with Crippen LogP contribution in [0.15, 0.2) is 71.1 Å². The molecule has 4 rings (SSSR count). The van der Waals surface area contributed by atoms with Gasteiger partial charge in [-0.25, -0.2) is 4.39 Å². The Morgan fingerprint density at radius 3 is 2.60 bits per heavy atom. The van der Waals surface area contributed by atoms with Crippen molar-refractivity contribution in [1.82, 2.24) is 5.32 Å². The van der Waals surface area contributed by atoms with E-state index in [1.807, 2.05) is 31.2 Å². The summed E-state index contributed by atoms with van der Waals surface area (Å²) < 4.78 is 18.8. The Morgan fingerprint density at radius 1 is 1.13 bits per heavy atom. The van der Waals surface area contributed by atoms with Gasteiger partial charge in [0.15, 0.2) is 5.78 Å². The molecule has 1 amide bonds. The van der Waals surface area contributed by atoms with Crippen LogP contribution in [-0.2, 0) is 9.59 Å². The number of hydrogen-bond acceptors (Lipinski definition) is 4. The third-order valence-electron chi connectivity index (χ3n) is 5.57. The van der Waals surface area contributed by atoms with Gasteiger partial charge >= 0.3 is 0 Å². The van der Waals surface area contributed by atoms with Gasteiger partial charge in [-0.05, 0) is 50.1 Å². The van der Waals surface area contributed by atoms with Crippen LogP contribution in [0.3, 0.4) is 0 Å². The van der Waals surface area contributed by atoms with Crippen molar-refractivity contribution in [3.8, 4) is 5.75 Å². The topological polar surface area (TPSA) is 67.4 Å². The SMILES string of the molecule is COc1ccccc1[C@@H]1C(C(=O)Nc2ccc(F)cc2)=C(C)NC2=C1C(=O)CCC2. The molecule has 2 aliphatic rings. The molecule has 0 spiro atoms. The number of ether oxygens (including phenoxy) is 1. The van der Waals surface area contributed by atoms with Crippen LogP contribution in [0, 0.1) is 5.82 Å². The Kier molecular flexibility index (Phi) is 5.40. The maximum Gasteiger partial charge on any atom is 0.254 e. The normalized spacial score (nSPS) is 18.6. The summed E-state index contributed by atoms with van der Waals surface area (Å²) in [5.41, 5.74) is 3.90. The number of allylic oxidation sites excluding steroid dienone is 3. The van der Waals surface area contributed by atoms with Gasteiger partial charge < -0.3 is 15.4 Å². The van der Waals surface area contributed by atoms with Crippen LogP contribution in [0.5, 0.6) is 5.75 Å². The fourth-order valence-corrected chi connectivity index (χ4v) is 4.23. The van der Waals surface area contributed by atoms with E-state index < -0.39 is 5.92 Å². The van der Waals surface area contributed by atoms with Gasteiger partial charge in [0.05, 0.1) is 13.0 Å². The second-order valence-electron chi connectivity index (χ2n) is 7.47. The van der Waals surface area contributed by atoms with E-state index in [9.17, 15) is 14.0 Å². The molecule has 0 bridgehead atoms. The van der Waals surface area contributed by atoms with Crippen LogP contribution in [0.1, 0.15) is 37.7 Å². The Hall–Kier alpha value is -3.41. The number of carbonyl (C=O) groups is 2. The van der Waals surface area contributed by atoms with Gasteiger partial charge in [0.1, 0.15) is 11.6 Å². The van der Waals surface area contributed by atoms with Gasteiger partial charge in [0.2, 0.25) is 0 Å². The van der Waals surface area contributed by atoms with E-state index in [1.165, 1.54) is 24.3 Å². The maximum absolute atomic E-state index is 13.3. The summed E-state index contributed by atoms with van der Waals surface area (Å²) in [4.78, 5) is 26.3. The molecule has 2 aromatic rings. The molecular formula is C24H23FN2O3. The number of anilines is 1. The predicted molar refractivity (Wildman–Crippen MR) is 112 cm³/mol. The molecule has 1 heterocycles. The van der Waals surface area contributed by atoms with Gasteiger partial charge in [0.25, 0.3) is 5.91 Å². The van der Waals surface area contributed by atoms with E-state index in [1.54, 1.807) is 7.11 Å². The average Bonchev–Trinajstić information content (AvgIpc) is 2.74. The number of halogens is 1. The first-order valence-corrected chi connectivity index (χ1v) is 9.93. The molecule has 6 heteroatoms. The minimum Gasteiger partial charge on any atom is -0.496 e. The van der Waals surface area contributed by atoms with Gasteiger partial charge in [-0.15, -0.1) is 0 Å². The summed E-state index contributed by atoms with van der Waals surface area (Å²) in [7, 11) is 1.58. The molecule has 0 fully saturated rings. The van der Waals surface area contributed by atoms with E-state index in [4.69, 9.17) is 4.74 Å². The fraction of sp³-hybridized carbons (Fsp3) is 0.250. The molecule has 1 atom stereocenters. The van der Waals surface area contributed by atoms with E-state index in [0.717, 1.165) is 24.1 Å². The summed E-state index contributed by atoms with van der Waals surface area (Å²) in [5, 5.41) is 6.13. The van der Waals surface area contributed by atoms with E-state index in [0.29, 0.717) is 34.7 Å². The summed E-state index contributed by atoms with van der Waals surface area (Å²) in [5.74, 6) is -0.593. The number of dihydropyridines is 1. The molecule has 154 valence electrons. The summed E-state index contributed by atoms with van der Waals surface area (Å²) in [6.07, 6.45) is 2.00. The second kappa shape index (κ2) is 8.14. The van der Waals surface area contributed by atoms with Crippen molar-refractivity contribution in [1.29, 1.82) is 0 Å². The molecule has 0 unspecified atom stereocenters. The highest BCUT2D eigenvalue weighted by molar-refractivity contribution is 6.09. The number of rotatable bonds is 4. The Bertz CT molecular complexity index is 1070. The first-order chi connectivity index (χ1) is 14.5. The number of benzene rings is 2. The lowest BCUT2D eigenvalue weighted by Crippen LogP contribution is -2.35. The molecular weight excluding hydrogens is 383 g/mol. The number of methoxy groups -OCH3 is 1. The number of amides is 1. The molecule has 2 aromatic carbocycles. The van der Waals surface area contributed by atoms with Crippen molar-refractivity contribution in [2.45, 2.75) is 32.1 Å². The summed E-state index contributed by atoms with van der Waals surface area (Å²) in [6, 6.07) is 13.0. The molecule has 30 heavy (non-hydrogen) atoms. The Labute approximate surface area is 174 Å². The van der Waals surface area contributed by atoms with E-state index in [-0.39, 0.29) is 17.5 Å². The smallest absolute Gasteiger partial charge is 0.254 e. The largest absolute Gasteiger partial charge is 0.496 e. The zero-order chi connectivity index (χ0) is 21.3. The monoisotopic (exact) mass is 406 g/mol. The number of carbonyl (C=O) groups excluding carboxylic acids is 2. The van der Waals surface area contributed by atoms with Crippen molar-refractivity contribution >= 4 is 17.4 Å². The quantitative estimate of drug-likeness (QED) is 0.788.